The molecule has 0 N–H and O–H groups in total. The van der Waals surface area contributed by atoms with Gasteiger partial charge in [-0.2, -0.15) is 0 Å². The van der Waals surface area contributed by atoms with Crippen LogP contribution in [0.3, 0.4) is 0 Å². The van der Waals surface area contributed by atoms with Crippen molar-refractivity contribution in [3.05, 3.63) is 45.9 Å². The van der Waals surface area contributed by atoms with Crippen LogP contribution < -0.4 is 0 Å². The molecule has 29 heavy (non-hydrogen) atoms. The number of likely N-dealkylation sites (N-methyl/N-ethyl adjacent to an activating group) is 1. The number of hydrogen-bond acceptors (Lipinski definition) is 5. The largest absolute Gasteiger partial charge is 0.465 e. The van der Waals surface area contributed by atoms with Gasteiger partial charge in [0.2, 0.25) is 0 Å². The molecule has 0 spiro atoms. The van der Waals surface area contributed by atoms with Crippen LogP contribution >= 0.6 is 0 Å². The monoisotopic (exact) mass is 394 g/mol. The predicted molar refractivity (Wildman–Crippen MR) is 110 cm³/mol. The first-order valence-electron chi connectivity index (χ1n) is 11.1. The first kappa shape index (κ1) is 18.8. The molecule has 2 aliphatic heterocycles. The number of aromatic nitrogens is 2. The van der Waals surface area contributed by atoms with E-state index in [0.717, 1.165) is 105 Å². The van der Waals surface area contributed by atoms with Crippen LogP contribution in [0.1, 0.15) is 82.7 Å². The SMILES string of the molecule is Cc1oc2c(c1C(=O)N1CCCCC1c1ncc3c(n1)CCN(C)C3)CCCC2. The summed E-state index contributed by atoms with van der Waals surface area (Å²) in [6.07, 6.45) is 10.2. The van der Waals surface area contributed by atoms with E-state index in [1.165, 1.54) is 5.56 Å². The molecule has 6 heteroatoms. The van der Waals surface area contributed by atoms with Gasteiger partial charge in [0.1, 0.15) is 11.5 Å². The third-order valence-corrected chi connectivity index (χ3v) is 6.77. The second kappa shape index (κ2) is 7.56. The predicted octanol–water partition coefficient (Wildman–Crippen LogP) is 3.61. The fourth-order valence-electron chi connectivity index (χ4n) is 5.20. The number of rotatable bonds is 2. The summed E-state index contributed by atoms with van der Waals surface area (Å²) in [4.78, 5) is 27.7. The Morgan fingerprint density at radius 2 is 2.00 bits per heavy atom. The average Bonchev–Trinajstić information content (AvgIpc) is 3.08. The topological polar surface area (TPSA) is 62.5 Å². The van der Waals surface area contributed by atoms with E-state index in [1.807, 2.05) is 18.0 Å². The van der Waals surface area contributed by atoms with E-state index in [-0.39, 0.29) is 11.9 Å². The molecule has 154 valence electrons. The maximum Gasteiger partial charge on any atom is 0.258 e. The van der Waals surface area contributed by atoms with E-state index in [4.69, 9.17) is 14.4 Å². The number of piperidine rings is 1. The zero-order valence-electron chi connectivity index (χ0n) is 17.5. The van der Waals surface area contributed by atoms with Gasteiger partial charge in [-0.05, 0) is 52.5 Å². The average molecular weight is 395 g/mol. The summed E-state index contributed by atoms with van der Waals surface area (Å²) < 4.78 is 5.99. The van der Waals surface area contributed by atoms with Crippen LogP contribution in [0.2, 0.25) is 0 Å². The van der Waals surface area contributed by atoms with Crippen LogP contribution in [0.4, 0.5) is 0 Å². The van der Waals surface area contributed by atoms with Gasteiger partial charge in [-0.3, -0.25) is 4.79 Å². The summed E-state index contributed by atoms with van der Waals surface area (Å²) in [6, 6.07) is -0.0326. The molecule has 1 fully saturated rings. The highest BCUT2D eigenvalue weighted by Gasteiger charge is 2.35. The van der Waals surface area contributed by atoms with Crippen LogP contribution in [0.25, 0.3) is 0 Å². The first-order valence-corrected chi connectivity index (χ1v) is 11.1. The third-order valence-electron chi connectivity index (χ3n) is 6.77. The highest BCUT2D eigenvalue weighted by molar-refractivity contribution is 5.97. The van der Waals surface area contributed by atoms with Crippen LogP contribution in [0.5, 0.6) is 0 Å². The molecule has 1 aliphatic carbocycles. The summed E-state index contributed by atoms with van der Waals surface area (Å²) >= 11 is 0. The number of aryl methyl sites for hydroxylation is 2. The lowest BCUT2D eigenvalue weighted by atomic mass is 9.93. The maximum absolute atomic E-state index is 13.7. The highest BCUT2D eigenvalue weighted by atomic mass is 16.3. The van der Waals surface area contributed by atoms with Crippen LogP contribution in [0, 0.1) is 6.92 Å². The number of nitrogens with zero attached hydrogens (tertiary/aromatic N) is 4. The van der Waals surface area contributed by atoms with E-state index in [1.54, 1.807) is 0 Å². The quantitative estimate of drug-likeness (QED) is 0.779. The number of carbonyl (C=O) groups is 1. The van der Waals surface area contributed by atoms with Crippen molar-refractivity contribution in [1.82, 2.24) is 19.8 Å². The molecule has 1 atom stereocenters. The smallest absolute Gasteiger partial charge is 0.258 e. The van der Waals surface area contributed by atoms with Crippen molar-refractivity contribution in [2.24, 2.45) is 0 Å². The van der Waals surface area contributed by atoms with Crippen LogP contribution in [-0.2, 0) is 25.8 Å². The molecule has 6 nitrogen and oxygen atoms in total. The Bertz CT molecular complexity index is 935. The number of likely N-dealkylation sites (tertiary alicyclic amines) is 1. The number of carbonyl (C=O) groups excluding carboxylic acids is 1. The Labute approximate surface area is 172 Å². The van der Waals surface area contributed by atoms with Crippen molar-refractivity contribution in [3.63, 3.8) is 0 Å². The van der Waals surface area contributed by atoms with E-state index < -0.39 is 0 Å². The van der Waals surface area contributed by atoms with Crippen molar-refractivity contribution in [1.29, 1.82) is 0 Å². The Kier molecular flexibility index (Phi) is 4.90. The Morgan fingerprint density at radius 3 is 2.90 bits per heavy atom. The second-order valence-corrected chi connectivity index (χ2v) is 8.84. The lowest BCUT2D eigenvalue weighted by molar-refractivity contribution is 0.0596. The van der Waals surface area contributed by atoms with Crippen molar-refractivity contribution in [3.8, 4) is 0 Å². The highest BCUT2D eigenvalue weighted by Crippen LogP contribution is 2.35. The second-order valence-electron chi connectivity index (χ2n) is 8.84. The van der Waals surface area contributed by atoms with E-state index in [9.17, 15) is 4.79 Å². The van der Waals surface area contributed by atoms with Crippen molar-refractivity contribution >= 4 is 5.91 Å². The normalized spacial score (nSPS) is 22.3. The fourth-order valence-corrected chi connectivity index (χ4v) is 5.20. The van der Waals surface area contributed by atoms with Gasteiger partial charge in [-0.25, -0.2) is 9.97 Å². The molecule has 5 rings (SSSR count). The van der Waals surface area contributed by atoms with Gasteiger partial charge in [0.05, 0.1) is 11.6 Å². The summed E-state index contributed by atoms with van der Waals surface area (Å²) in [5.74, 6) is 2.73. The van der Waals surface area contributed by atoms with Crippen molar-refractivity contribution in [2.45, 2.75) is 70.9 Å². The maximum atomic E-state index is 13.7. The molecular weight excluding hydrogens is 364 g/mol. The molecule has 1 saturated heterocycles. The number of hydrogen-bond donors (Lipinski definition) is 0. The minimum Gasteiger partial charge on any atom is -0.465 e. The van der Waals surface area contributed by atoms with E-state index in [2.05, 4.69) is 11.9 Å². The lowest BCUT2D eigenvalue weighted by Crippen LogP contribution is -2.40. The molecule has 2 aromatic heterocycles. The minimum atomic E-state index is -0.0326. The van der Waals surface area contributed by atoms with Gasteiger partial charge in [0.15, 0.2) is 5.82 Å². The number of furan rings is 1. The van der Waals surface area contributed by atoms with Crippen molar-refractivity contribution < 1.29 is 9.21 Å². The molecule has 0 bridgehead atoms. The minimum absolute atomic E-state index is 0.0326. The first-order chi connectivity index (χ1) is 14.1. The van der Waals surface area contributed by atoms with Crippen LogP contribution in [-0.4, -0.2) is 45.8 Å². The van der Waals surface area contributed by atoms with Gasteiger partial charge in [-0.1, -0.05) is 0 Å². The van der Waals surface area contributed by atoms with Crippen LogP contribution in [0.15, 0.2) is 10.6 Å². The van der Waals surface area contributed by atoms with Gasteiger partial charge in [0, 0.05) is 55.5 Å². The molecule has 3 aliphatic rings. The summed E-state index contributed by atoms with van der Waals surface area (Å²) in [6.45, 7) is 4.64. The molecule has 0 radical (unpaired) electrons. The van der Waals surface area contributed by atoms with Gasteiger partial charge >= 0.3 is 0 Å². The van der Waals surface area contributed by atoms with E-state index in [0.29, 0.717) is 0 Å². The Hall–Kier alpha value is -2.21. The number of amides is 1. The number of fused-ring (bicyclic) bond motifs is 2. The Morgan fingerprint density at radius 1 is 1.14 bits per heavy atom. The summed E-state index contributed by atoms with van der Waals surface area (Å²) in [5.41, 5.74) is 4.34. The molecule has 0 aromatic carbocycles. The summed E-state index contributed by atoms with van der Waals surface area (Å²) in [7, 11) is 2.13. The van der Waals surface area contributed by atoms with E-state index >= 15 is 0 Å². The van der Waals surface area contributed by atoms with Gasteiger partial charge in [0.25, 0.3) is 5.91 Å². The molecule has 1 unspecified atom stereocenters. The zero-order chi connectivity index (χ0) is 20.0. The molecule has 4 heterocycles. The molecule has 1 amide bonds. The van der Waals surface area contributed by atoms with Gasteiger partial charge < -0.3 is 14.2 Å². The third kappa shape index (κ3) is 3.37. The molecule has 0 saturated carbocycles. The standard InChI is InChI=1S/C23H30N4O2/c1-15-21(17-7-3-4-9-20(17)29-15)23(28)27-11-6-5-8-19(27)22-24-13-16-14-26(2)12-10-18(16)25-22/h13,19H,3-12,14H2,1-2H3. The Balaban J connectivity index is 1.47. The lowest BCUT2D eigenvalue weighted by Gasteiger charge is -2.35. The van der Waals surface area contributed by atoms with Gasteiger partial charge in [-0.15, -0.1) is 0 Å². The van der Waals surface area contributed by atoms with Crippen molar-refractivity contribution in [2.75, 3.05) is 20.1 Å². The molecule has 2 aromatic rings. The molecular formula is C23H30N4O2. The fraction of sp³-hybridized carbons (Fsp3) is 0.609. The zero-order valence-corrected chi connectivity index (χ0v) is 17.5. The summed E-state index contributed by atoms with van der Waals surface area (Å²) in [5, 5.41) is 0.